The van der Waals surface area contributed by atoms with E-state index in [0.29, 0.717) is 5.56 Å². The second-order valence-corrected chi connectivity index (χ2v) is 10.0. The molecule has 0 saturated carbocycles. The van der Waals surface area contributed by atoms with Crippen LogP contribution in [0.3, 0.4) is 0 Å². The predicted octanol–water partition coefficient (Wildman–Crippen LogP) is 1.73. The van der Waals surface area contributed by atoms with Crippen LogP contribution in [0.15, 0.2) is 69.9 Å². The van der Waals surface area contributed by atoms with Crippen LogP contribution in [0.5, 0.6) is 34.5 Å². The number of carbonyl (C=O) groups excluding carboxylic acids is 1. The number of esters is 1. The smallest absolute Gasteiger partial charge is 0.330 e. The van der Waals surface area contributed by atoms with Gasteiger partial charge in [-0.1, -0.05) is 6.07 Å². The molecular formula is C31H28O14. The van der Waals surface area contributed by atoms with Crippen LogP contribution in [0.2, 0.25) is 0 Å². The molecule has 1 aliphatic heterocycles. The van der Waals surface area contributed by atoms with Crippen LogP contribution in [-0.4, -0.2) is 86.1 Å². The minimum absolute atomic E-state index is 0.0917. The normalized spacial score (nSPS) is 21.6. The largest absolute Gasteiger partial charge is 0.508 e. The summed E-state index contributed by atoms with van der Waals surface area (Å²) in [7, 11) is 1.37. The fraction of sp³-hybridized carbons (Fsp3) is 0.226. The van der Waals surface area contributed by atoms with E-state index in [0.717, 1.165) is 18.2 Å². The van der Waals surface area contributed by atoms with E-state index in [1.54, 1.807) is 0 Å². The monoisotopic (exact) mass is 624 g/mol. The summed E-state index contributed by atoms with van der Waals surface area (Å²) < 4.78 is 27.3. The number of aromatic hydroxyl groups is 4. The van der Waals surface area contributed by atoms with E-state index in [9.17, 15) is 45.3 Å². The van der Waals surface area contributed by atoms with Gasteiger partial charge in [0.05, 0.1) is 7.11 Å². The van der Waals surface area contributed by atoms with Crippen LogP contribution < -0.4 is 14.9 Å². The molecule has 14 nitrogen and oxygen atoms in total. The van der Waals surface area contributed by atoms with Gasteiger partial charge in [0.15, 0.2) is 17.3 Å². The van der Waals surface area contributed by atoms with Gasteiger partial charge < -0.3 is 59.1 Å². The van der Waals surface area contributed by atoms with Gasteiger partial charge in [-0.25, -0.2) is 4.79 Å². The van der Waals surface area contributed by atoms with E-state index in [1.165, 1.54) is 55.7 Å². The number of carbonyl (C=O) groups is 1. The molecule has 2 heterocycles. The van der Waals surface area contributed by atoms with Crippen molar-refractivity contribution in [1.82, 2.24) is 0 Å². The number of ether oxygens (including phenoxy) is 4. The Bertz CT molecular complexity index is 1800. The highest BCUT2D eigenvalue weighted by Crippen LogP contribution is 2.37. The van der Waals surface area contributed by atoms with Crippen molar-refractivity contribution < 1.29 is 63.9 Å². The molecule has 0 aliphatic carbocycles. The highest BCUT2D eigenvalue weighted by molar-refractivity contribution is 5.88. The van der Waals surface area contributed by atoms with Crippen LogP contribution in [0.1, 0.15) is 5.56 Å². The number of phenolic OH excluding ortho intramolecular Hbond substituents is 4. The van der Waals surface area contributed by atoms with Gasteiger partial charge in [0.2, 0.25) is 17.5 Å². The predicted molar refractivity (Wildman–Crippen MR) is 155 cm³/mol. The Morgan fingerprint density at radius 1 is 0.889 bits per heavy atom. The molecule has 236 valence electrons. The lowest BCUT2D eigenvalue weighted by molar-refractivity contribution is -0.278. The lowest BCUT2D eigenvalue weighted by Crippen LogP contribution is -2.60. The van der Waals surface area contributed by atoms with Gasteiger partial charge >= 0.3 is 5.97 Å². The molecule has 1 fully saturated rings. The summed E-state index contributed by atoms with van der Waals surface area (Å²) in [6.45, 7) is -0.607. The van der Waals surface area contributed by atoms with E-state index in [2.05, 4.69) is 0 Å². The Morgan fingerprint density at radius 3 is 2.33 bits per heavy atom. The van der Waals surface area contributed by atoms with E-state index in [1.807, 2.05) is 0 Å². The number of fused-ring (bicyclic) bond motifs is 1. The molecule has 1 aromatic heterocycles. The number of phenols is 4. The molecule has 45 heavy (non-hydrogen) atoms. The second kappa shape index (κ2) is 12.8. The van der Waals surface area contributed by atoms with Crippen molar-refractivity contribution in [3.63, 3.8) is 0 Å². The molecule has 0 unspecified atom stereocenters. The molecule has 1 saturated heterocycles. The van der Waals surface area contributed by atoms with Crippen LogP contribution >= 0.6 is 0 Å². The molecule has 0 bridgehead atoms. The molecule has 5 rings (SSSR count). The third-order valence-corrected chi connectivity index (χ3v) is 6.96. The Kier molecular flexibility index (Phi) is 8.83. The number of rotatable bonds is 8. The third kappa shape index (κ3) is 6.49. The lowest BCUT2D eigenvalue weighted by Gasteiger charge is -2.39. The molecule has 14 heteroatoms. The van der Waals surface area contributed by atoms with Crippen LogP contribution in [0.4, 0.5) is 0 Å². The highest BCUT2D eigenvalue weighted by atomic mass is 16.7. The second-order valence-electron chi connectivity index (χ2n) is 10.0. The maximum atomic E-state index is 13.6. The van der Waals surface area contributed by atoms with Crippen molar-refractivity contribution in [3.8, 4) is 45.8 Å². The first-order chi connectivity index (χ1) is 21.5. The Hall–Kier alpha value is -5.28. The first-order valence-corrected chi connectivity index (χ1v) is 13.4. The van der Waals surface area contributed by atoms with E-state index >= 15 is 0 Å². The maximum absolute atomic E-state index is 13.6. The van der Waals surface area contributed by atoms with Crippen molar-refractivity contribution in [2.24, 2.45) is 0 Å². The van der Waals surface area contributed by atoms with Gasteiger partial charge in [-0.3, -0.25) is 4.79 Å². The van der Waals surface area contributed by atoms with Gasteiger partial charge in [0.1, 0.15) is 59.2 Å². The number of methoxy groups -OCH3 is 1. The first kappa shape index (κ1) is 31.2. The van der Waals surface area contributed by atoms with E-state index in [4.69, 9.17) is 23.4 Å². The molecule has 0 radical (unpaired) electrons. The van der Waals surface area contributed by atoms with Crippen LogP contribution in [0.25, 0.3) is 28.4 Å². The van der Waals surface area contributed by atoms with Crippen molar-refractivity contribution in [1.29, 1.82) is 0 Å². The molecule has 4 aromatic rings. The summed E-state index contributed by atoms with van der Waals surface area (Å²) in [4.78, 5) is 25.9. The summed E-state index contributed by atoms with van der Waals surface area (Å²) in [5.41, 5.74) is -0.439. The lowest BCUT2D eigenvalue weighted by atomic mass is 9.99. The zero-order valence-electron chi connectivity index (χ0n) is 23.4. The van der Waals surface area contributed by atoms with Crippen LogP contribution in [0, 0.1) is 0 Å². The fourth-order valence-corrected chi connectivity index (χ4v) is 4.62. The van der Waals surface area contributed by atoms with Gasteiger partial charge in [-0.15, -0.1) is 0 Å². The number of hydrogen-bond acceptors (Lipinski definition) is 14. The average Bonchev–Trinajstić information content (AvgIpc) is 3.01. The summed E-state index contributed by atoms with van der Waals surface area (Å²) in [5.74, 6) is -2.72. The molecule has 3 aromatic carbocycles. The SMILES string of the molecule is COc1cc(/C=C/C(=O)OC[C@H]2O[C@@H](Oc3c(-c4ccc(O)cc4)oc4cc(O)cc(O)c4c3=O)[C@H](O)[C@H](O)[C@@H]2O)ccc1O. The molecule has 0 spiro atoms. The first-order valence-electron chi connectivity index (χ1n) is 13.4. The Morgan fingerprint density at radius 2 is 1.62 bits per heavy atom. The minimum atomic E-state index is -1.91. The fourth-order valence-electron chi connectivity index (χ4n) is 4.62. The maximum Gasteiger partial charge on any atom is 0.330 e. The number of hydrogen-bond donors (Lipinski definition) is 7. The zero-order valence-corrected chi connectivity index (χ0v) is 23.4. The quantitative estimate of drug-likeness (QED) is 0.110. The summed E-state index contributed by atoms with van der Waals surface area (Å²) in [6, 6.07) is 11.7. The highest BCUT2D eigenvalue weighted by Gasteiger charge is 2.46. The zero-order chi connectivity index (χ0) is 32.4. The van der Waals surface area contributed by atoms with E-state index < -0.39 is 66.0 Å². The number of benzene rings is 3. The Balaban J connectivity index is 1.40. The molecule has 0 amide bonds. The molecule has 1 aliphatic rings. The number of aliphatic hydroxyl groups is 3. The molecule has 5 atom stereocenters. The van der Waals surface area contributed by atoms with Gasteiger partial charge in [0, 0.05) is 23.8 Å². The van der Waals surface area contributed by atoms with Gasteiger partial charge in [-0.2, -0.15) is 0 Å². The van der Waals surface area contributed by atoms with Crippen molar-refractivity contribution >= 4 is 23.0 Å². The van der Waals surface area contributed by atoms with Crippen LogP contribution in [-0.2, 0) is 14.3 Å². The number of aliphatic hydroxyl groups excluding tert-OH is 3. The summed E-state index contributed by atoms with van der Waals surface area (Å²) in [5, 5.41) is 71.1. The van der Waals surface area contributed by atoms with Crippen molar-refractivity contribution in [2.45, 2.75) is 30.7 Å². The van der Waals surface area contributed by atoms with Crippen molar-refractivity contribution in [2.75, 3.05) is 13.7 Å². The average molecular weight is 625 g/mol. The van der Waals surface area contributed by atoms with Gasteiger partial charge in [0.25, 0.3) is 0 Å². The van der Waals surface area contributed by atoms with Gasteiger partial charge in [-0.05, 0) is 48.0 Å². The summed E-state index contributed by atoms with van der Waals surface area (Å²) in [6.07, 6.45) is -6.33. The minimum Gasteiger partial charge on any atom is -0.508 e. The molecular weight excluding hydrogens is 596 g/mol. The summed E-state index contributed by atoms with van der Waals surface area (Å²) >= 11 is 0. The third-order valence-electron chi connectivity index (χ3n) is 6.96. The standard InChI is InChI=1S/C31H28O14/c1-41-20-10-14(2-8-18(20)34)3-9-23(36)42-13-22-25(37)27(39)28(40)31(44-22)45-30-26(38)24-19(35)11-17(33)12-21(24)43-29(30)15-4-6-16(32)7-5-15/h2-12,22,25,27-28,31-35,37,39-40H,13H2,1H3/b9-3+/t22-,25-,27-,28-,31+/m1/s1. The molecule has 7 N–H and O–H groups in total. The Labute approximate surface area is 253 Å². The topological polar surface area (TPSA) is 226 Å². The van der Waals surface area contributed by atoms with E-state index in [-0.39, 0.29) is 39.5 Å². The van der Waals surface area contributed by atoms with Crippen molar-refractivity contribution in [3.05, 3.63) is 76.5 Å².